The molecule has 0 radical (unpaired) electrons. The van der Waals surface area contributed by atoms with Crippen LogP contribution in [0, 0.1) is 19.7 Å². The number of aromatic hydroxyl groups is 1. The van der Waals surface area contributed by atoms with E-state index in [1.807, 2.05) is 0 Å². The second-order valence-corrected chi connectivity index (χ2v) is 9.80. The lowest BCUT2D eigenvalue weighted by atomic mass is 9.76. The summed E-state index contributed by atoms with van der Waals surface area (Å²) in [5.74, 6) is -2.34. The third-order valence-corrected chi connectivity index (χ3v) is 7.12. The molecule has 2 bridgehead atoms. The molecule has 3 aromatic rings. The second-order valence-electron chi connectivity index (χ2n) is 9.80. The highest BCUT2D eigenvalue weighted by Crippen LogP contribution is 2.46. The molecule has 1 fully saturated rings. The molecule has 3 N–H and O–H groups in total. The quantitative estimate of drug-likeness (QED) is 0.476. The molecule has 3 aliphatic rings. The van der Waals surface area contributed by atoms with Crippen LogP contribution in [0.25, 0.3) is 0 Å². The second kappa shape index (κ2) is 8.79. The van der Waals surface area contributed by atoms with Gasteiger partial charge in [-0.25, -0.2) is 13.8 Å². The topological polar surface area (TPSA) is 139 Å². The normalized spacial score (nSPS) is 22.3. The first-order chi connectivity index (χ1) is 17.5. The zero-order valence-electron chi connectivity index (χ0n) is 20.2. The fourth-order valence-corrected chi connectivity index (χ4v) is 5.02. The summed E-state index contributed by atoms with van der Waals surface area (Å²) >= 11 is 0. The first kappa shape index (κ1) is 24.6. The number of halogens is 2. The van der Waals surface area contributed by atoms with Crippen LogP contribution in [-0.4, -0.2) is 37.3 Å². The number of hydrogen-bond donors (Lipinski definition) is 3. The smallest absolute Gasteiger partial charge is 0.296 e. The molecule has 2 amide bonds. The van der Waals surface area contributed by atoms with Crippen molar-refractivity contribution >= 4 is 11.8 Å². The van der Waals surface area contributed by atoms with Gasteiger partial charge in [0.15, 0.2) is 11.4 Å². The summed E-state index contributed by atoms with van der Waals surface area (Å²) < 4.78 is 35.1. The Morgan fingerprint density at radius 2 is 1.89 bits per heavy atom. The van der Waals surface area contributed by atoms with Gasteiger partial charge in [-0.3, -0.25) is 19.0 Å². The van der Waals surface area contributed by atoms with Crippen molar-refractivity contribution in [1.82, 2.24) is 25.3 Å². The van der Waals surface area contributed by atoms with Crippen LogP contribution in [0.15, 0.2) is 33.6 Å². The number of benzene rings is 1. The van der Waals surface area contributed by atoms with E-state index in [2.05, 4.69) is 20.8 Å². The first-order valence-corrected chi connectivity index (χ1v) is 11.8. The van der Waals surface area contributed by atoms with Gasteiger partial charge in [-0.2, -0.15) is 0 Å². The largest absolute Gasteiger partial charge is 0.501 e. The lowest BCUT2D eigenvalue weighted by molar-refractivity contribution is 0.0558. The van der Waals surface area contributed by atoms with Gasteiger partial charge in [0.1, 0.15) is 23.1 Å². The lowest BCUT2D eigenvalue weighted by Crippen LogP contribution is -2.50. The third-order valence-electron chi connectivity index (χ3n) is 7.12. The van der Waals surface area contributed by atoms with Gasteiger partial charge in [0.05, 0.1) is 12.1 Å². The fourth-order valence-electron chi connectivity index (χ4n) is 5.02. The van der Waals surface area contributed by atoms with Gasteiger partial charge >= 0.3 is 0 Å². The number of hydrogen-bond acceptors (Lipinski definition) is 7. The maximum Gasteiger partial charge on any atom is 0.296 e. The van der Waals surface area contributed by atoms with Crippen molar-refractivity contribution in [2.75, 3.05) is 0 Å². The minimum absolute atomic E-state index is 0.00782. The molecule has 2 aliphatic heterocycles. The van der Waals surface area contributed by atoms with E-state index >= 15 is 4.39 Å². The molecule has 1 saturated carbocycles. The molecule has 12 heteroatoms. The van der Waals surface area contributed by atoms with Crippen LogP contribution in [0.3, 0.4) is 0 Å². The number of carbonyl (C=O) groups excluding carboxylic acids is 2. The van der Waals surface area contributed by atoms with Crippen molar-refractivity contribution in [3.8, 4) is 5.75 Å². The maximum atomic E-state index is 15.5. The zero-order chi connectivity index (χ0) is 26.5. The van der Waals surface area contributed by atoms with E-state index in [9.17, 15) is 23.9 Å². The Bertz CT molecular complexity index is 1470. The SMILES string of the molecule is Cc1cc(C(=O)NC23CCC(F)(CC2)Cn2c3nc(C(=O)NCc3ccc(F)c(C)c3)c(O)c2=O)no1. The number of fused-ring (bicyclic) bond motifs is 2. The van der Waals surface area contributed by atoms with E-state index in [1.165, 1.54) is 18.2 Å². The number of aryl methyl sites for hydroxylation is 2. The Morgan fingerprint density at radius 1 is 1.16 bits per heavy atom. The van der Waals surface area contributed by atoms with Crippen molar-refractivity contribution in [1.29, 1.82) is 0 Å². The summed E-state index contributed by atoms with van der Waals surface area (Å²) in [6.45, 7) is 2.84. The minimum atomic E-state index is -1.73. The molecule has 4 heterocycles. The van der Waals surface area contributed by atoms with Crippen LogP contribution in [0.5, 0.6) is 5.75 Å². The molecule has 37 heavy (non-hydrogen) atoms. The average molecular weight is 514 g/mol. The van der Waals surface area contributed by atoms with E-state index in [4.69, 9.17) is 4.52 Å². The van der Waals surface area contributed by atoms with Crippen LogP contribution in [0.4, 0.5) is 8.78 Å². The minimum Gasteiger partial charge on any atom is -0.501 e. The van der Waals surface area contributed by atoms with Gasteiger partial charge in [-0.1, -0.05) is 17.3 Å². The Kier molecular flexibility index (Phi) is 5.84. The summed E-state index contributed by atoms with van der Waals surface area (Å²) in [5, 5.41) is 19.7. The van der Waals surface area contributed by atoms with Crippen molar-refractivity contribution in [3.63, 3.8) is 0 Å². The first-order valence-electron chi connectivity index (χ1n) is 11.8. The van der Waals surface area contributed by atoms with Crippen molar-refractivity contribution < 1.29 is 28.0 Å². The highest BCUT2D eigenvalue weighted by atomic mass is 19.1. The van der Waals surface area contributed by atoms with Crippen LogP contribution >= 0.6 is 0 Å². The highest BCUT2D eigenvalue weighted by molar-refractivity contribution is 5.95. The number of carbonyl (C=O) groups is 2. The summed E-state index contributed by atoms with van der Waals surface area (Å²) in [6.07, 6.45) is 0.332. The molecule has 0 atom stereocenters. The monoisotopic (exact) mass is 513 g/mol. The van der Waals surface area contributed by atoms with Crippen LogP contribution in [-0.2, 0) is 18.6 Å². The Morgan fingerprint density at radius 3 is 2.54 bits per heavy atom. The average Bonchev–Trinajstić information content (AvgIpc) is 3.21. The highest BCUT2D eigenvalue weighted by Gasteiger charge is 2.52. The van der Waals surface area contributed by atoms with Gasteiger partial charge in [-0.15, -0.1) is 0 Å². The Balaban J connectivity index is 1.52. The van der Waals surface area contributed by atoms with Gasteiger partial charge in [0.2, 0.25) is 5.75 Å². The molecule has 6 rings (SSSR count). The van der Waals surface area contributed by atoms with Crippen molar-refractivity contribution in [2.45, 2.75) is 63.8 Å². The van der Waals surface area contributed by atoms with Crippen molar-refractivity contribution in [3.05, 3.63) is 74.5 Å². The molecular weight excluding hydrogens is 488 g/mol. The number of nitrogens with zero attached hydrogens (tertiary/aromatic N) is 3. The molecular formula is C25H25F2N5O5. The summed E-state index contributed by atoms with van der Waals surface area (Å²) in [7, 11) is 0. The molecule has 1 aliphatic carbocycles. The molecule has 2 aromatic heterocycles. The number of aromatic nitrogens is 3. The molecule has 1 aromatic carbocycles. The summed E-state index contributed by atoms with van der Waals surface area (Å²) in [5.41, 5.74) is -3.52. The maximum absolute atomic E-state index is 15.5. The van der Waals surface area contributed by atoms with Crippen LogP contribution < -0.4 is 16.2 Å². The van der Waals surface area contributed by atoms with E-state index in [0.717, 1.165) is 4.57 Å². The molecule has 0 saturated heterocycles. The number of rotatable bonds is 5. The fraction of sp³-hybridized carbons (Fsp3) is 0.400. The lowest BCUT2D eigenvalue weighted by Gasteiger charge is -2.38. The van der Waals surface area contributed by atoms with Crippen LogP contribution in [0.1, 0.15) is 69.4 Å². The van der Waals surface area contributed by atoms with E-state index in [0.29, 0.717) is 16.9 Å². The standard InChI is InChI=1S/C25H25F2N5O5/c1-13-9-15(3-4-16(13)26)11-28-21(35)18-19(33)22(36)32-12-24(27)5-7-25(8-6-24,23(32)29-18)30-20(34)17-10-14(2)37-31-17/h3-4,9-10,33H,5-8,11-12H2,1-2H3,(H,28,35)(H,30,34). The number of nitrogens with one attached hydrogen (secondary N) is 2. The van der Waals surface area contributed by atoms with Gasteiger partial charge < -0.3 is 20.3 Å². The van der Waals surface area contributed by atoms with Gasteiger partial charge in [-0.05, 0) is 56.7 Å². The van der Waals surface area contributed by atoms with E-state index in [1.54, 1.807) is 19.9 Å². The number of amides is 2. The molecule has 0 unspecified atom stereocenters. The predicted molar refractivity (Wildman–Crippen MR) is 125 cm³/mol. The van der Waals surface area contributed by atoms with Gasteiger partial charge in [0.25, 0.3) is 17.4 Å². The molecule has 10 nitrogen and oxygen atoms in total. The van der Waals surface area contributed by atoms with E-state index < -0.39 is 40.0 Å². The van der Waals surface area contributed by atoms with Crippen LogP contribution in [0.2, 0.25) is 0 Å². The van der Waals surface area contributed by atoms with Gasteiger partial charge in [0, 0.05) is 12.6 Å². The van der Waals surface area contributed by atoms with E-state index in [-0.39, 0.29) is 56.1 Å². The molecule has 194 valence electrons. The summed E-state index contributed by atoms with van der Waals surface area (Å²) in [6, 6.07) is 5.77. The third kappa shape index (κ3) is 4.36. The predicted octanol–water partition coefficient (Wildman–Crippen LogP) is 2.54. The Hall–Kier alpha value is -4.09. The van der Waals surface area contributed by atoms with Crippen molar-refractivity contribution in [2.24, 2.45) is 0 Å². The summed E-state index contributed by atoms with van der Waals surface area (Å²) in [4.78, 5) is 43.5. The molecule has 0 spiro atoms. The number of alkyl halides is 1. The Labute approximate surface area is 209 Å². The zero-order valence-corrected chi connectivity index (χ0v) is 20.2.